The van der Waals surface area contributed by atoms with Crippen molar-refractivity contribution in [1.29, 1.82) is 0 Å². The summed E-state index contributed by atoms with van der Waals surface area (Å²) in [5, 5.41) is 4.76. The number of aryl methyl sites for hydroxylation is 1. The standard InChI is InChI=1S/C22H25N3O2S.ClH/c1-24(2)15-5-4-6-16(12-15)28(26,27)17-8-10-20-18(13-17)22-19-9-7-14(23-19)11-21(22)25(20)3;/h4-6,8,10,12-14,19,23H,7,9,11H2,1-3H3;1H. The van der Waals surface area contributed by atoms with Crippen LogP contribution in [0.2, 0.25) is 0 Å². The highest BCUT2D eigenvalue weighted by atomic mass is 35.5. The van der Waals surface area contributed by atoms with Crippen LogP contribution < -0.4 is 10.2 Å². The number of anilines is 1. The van der Waals surface area contributed by atoms with Crippen molar-refractivity contribution in [2.75, 3.05) is 19.0 Å². The number of rotatable bonds is 3. The van der Waals surface area contributed by atoms with Gasteiger partial charge in [-0.25, -0.2) is 8.42 Å². The van der Waals surface area contributed by atoms with Gasteiger partial charge in [0.05, 0.1) is 9.79 Å². The van der Waals surface area contributed by atoms with Gasteiger partial charge in [-0.3, -0.25) is 0 Å². The zero-order valence-corrected chi connectivity index (χ0v) is 18.5. The van der Waals surface area contributed by atoms with Crippen LogP contribution in [0.15, 0.2) is 52.3 Å². The molecule has 7 heteroatoms. The van der Waals surface area contributed by atoms with E-state index in [0.717, 1.165) is 29.4 Å². The minimum Gasteiger partial charge on any atom is -0.378 e. The van der Waals surface area contributed by atoms with Crippen molar-refractivity contribution in [3.63, 3.8) is 0 Å². The molecule has 3 heterocycles. The molecule has 1 saturated heterocycles. The highest BCUT2D eigenvalue weighted by Crippen LogP contribution is 2.42. The van der Waals surface area contributed by atoms with Crippen molar-refractivity contribution in [2.24, 2.45) is 7.05 Å². The molecule has 154 valence electrons. The summed E-state index contributed by atoms with van der Waals surface area (Å²) in [6.07, 6.45) is 3.33. The Hall–Kier alpha value is -2.02. The predicted octanol–water partition coefficient (Wildman–Crippen LogP) is 3.85. The number of hydrogen-bond donors (Lipinski definition) is 1. The monoisotopic (exact) mass is 431 g/mol. The first-order valence-electron chi connectivity index (χ1n) is 9.76. The third-order valence-electron chi connectivity index (χ3n) is 6.32. The summed E-state index contributed by atoms with van der Waals surface area (Å²) in [5.41, 5.74) is 4.64. The molecule has 2 unspecified atom stereocenters. The van der Waals surface area contributed by atoms with Crippen LogP contribution in [0.4, 0.5) is 5.69 Å². The lowest BCUT2D eigenvalue weighted by atomic mass is 9.99. The summed E-state index contributed by atoms with van der Waals surface area (Å²) in [4.78, 5) is 2.61. The molecule has 5 nitrogen and oxygen atoms in total. The van der Waals surface area contributed by atoms with E-state index in [4.69, 9.17) is 0 Å². The molecule has 0 amide bonds. The van der Waals surface area contributed by atoms with Crippen LogP contribution in [0, 0.1) is 0 Å². The van der Waals surface area contributed by atoms with E-state index in [-0.39, 0.29) is 12.4 Å². The van der Waals surface area contributed by atoms with Gasteiger partial charge in [0.25, 0.3) is 0 Å². The number of nitrogens with one attached hydrogen (secondary N) is 1. The Morgan fingerprint density at radius 1 is 1.07 bits per heavy atom. The lowest BCUT2D eigenvalue weighted by Crippen LogP contribution is -2.32. The van der Waals surface area contributed by atoms with E-state index in [1.54, 1.807) is 24.3 Å². The Morgan fingerprint density at radius 2 is 1.83 bits per heavy atom. The Bertz CT molecular complexity index is 1200. The molecule has 0 saturated carbocycles. The van der Waals surface area contributed by atoms with Crippen molar-refractivity contribution in [3.05, 3.63) is 53.7 Å². The Kier molecular flexibility index (Phi) is 4.92. The number of hydrogen-bond acceptors (Lipinski definition) is 4. The largest absolute Gasteiger partial charge is 0.378 e. The first kappa shape index (κ1) is 20.3. The van der Waals surface area contributed by atoms with Crippen LogP contribution in [-0.2, 0) is 23.3 Å². The van der Waals surface area contributed by atoms with E-state index in [0.29, 0.717) is 21.9 Å². The molecular weight excluding hydrogens is 406 g/mol. The summed E-state index contributed by atoms with van der Waals surface area (Å²) < 4.78 is 28.9. The zero-order chi connectivity index (χ0) is 19.6. The Labute approximate surface area is 178 Å². The highest BCUT2D eigenvalue weighted by Gasteiger charge is 2.36. The number of fused-ring (bicyclic) bond motifs is 6. The summed E-state index contributed by atoms with van der Waals surface area (Å²) in [7, 11) is 2.35. The normalized spacial score (nSPS) is 20.4. The fraction of sp³-hybridized carbons (Fsp3) is 0.364. The fourth-order valence-corrected chi connectivity index (χ4v) is 6.14. The molecule has 5 rings (SSSR count). The van der Waals surface area contributed by atoms with Gasteiger partial charge in [-0.2, -0.15) is 0 Å². The lowest BCUT2D eigenvalue weighted by molar-refractivity contribution is 0.503. The summed E-state index contributed by atoms with van der Waals surface area (Å²) >= 11 is 0. The fourth-order valence-electron chi connectivity index (χ4n) is 4.81. The number of aromatic nitrogens is 1. The van der Waals surface area contributed by atoms with Crippen molar-refractivity contribution in [2.45, 2.75) is 41.1 Å². The van der Waals surface area contributed by atoms with E-state index >= 15 is 0 Å². The molecule has 2 atom stereocenters. The van der Waals surface area contributed by atoms with Gasteiger partial charge in [-0.15, -0.1) is 12.4 Å². The van der Waals surface area contributed by atoms with Crippen molar-refractivity contribution in [1.82, 2.24) is 9.88 Å². The highest BCUT2D eigenvalue weighted by molar-refractivity contribution is 7.91. The molecule has 0 spiro atoms. The molecule has 2 aromatic carbocycles. The minimum absolute atomic E-state index is 0. The maximum Gasteiger partial charge on any atom is 0.206 e. The molecule has 29 heavy (non-hydrogen) atoms. The second kappa shape index (κ2) is 7.04. The molecule has 1 fully saturated rings. The quantitative estimate of drug-likeness (QED) is 0.684. The van der Waals surface area contributed by atoms with Crippen LogP contribution in [0.5, 0.6) is 0 Å². The average Bonchev–Trinajstić information content (AvgIpc) is 3.20. The lowest BCUT2D eigenvalue weighted by Gasteiger charge is -2.23. The smallest absolute Gasteiger partial charge is 0.206 e. The first-order valence-corrected chi connectivity index (χ1v) is 11.2. The van der Waals surface area contributed by atoms with Gasteiger partial charge >= 0.3 is 0 Å². The Morgan fingerprint density at radius 3 is 2.59 bits per heavy atom. The number of halogens is 1. The molecule has 2 aliphatic heterocycles. The van der Waals surface area contributed by atoms with Crippen LogP contribution in [0.25, 0.3) is 10.9 Å². The van der Waals surface area contributed by atoms with Gasteiger partial charge in [0, 0.05) is 61.9 Å². The molecule has 1 aromatic heterocycles. The van der Waals surface area contributed by atoms with E-state index in [2.05, 4.69) is 16.9 Å². The summed E-state index contributed by atoms with van der Waals surface area (Å²) in [5.74, 6) is 0. The van der Waals surface area contributed by atoms with Crippen molar-refractivity contribution >= 4 is 38.8 Å². The second-order valence-corrected chi connectivity index (χ2v) is 10.1. The first-order chi connectivity index (χ1) is 13.4. The zero-order valence-electron chi connectivity index (χ0n) is 16.8. The molecule has 2 bridgehead atoms. The van der Waals surface area contributed by atoms with Crippen LogP contribution >= 0.6 is 12.4 Å². The molecule has 1 N–H and O–H groups in total. The minimum atomic E-state index is -3.57. The second-order valence-electron chi connectivity index (χ2n) is 8.19. The topological polar surface area (TPSA) is 54.3 Å². The summed E-state index contributed by atoms with van der Waals surface area (Å²) in [6, 6.07) is 13.6. The van der Waals surface area contributed by atoms with Gasteiger partial charge in [0.15, 0.2) is 0 Å². The maximum absolute atomic E-state index is 13.3. The van der Waals surface area contributed by atoms with Crippen LogP contribution in [0.1, 0.15) is 30.1 Å². The maximum atomic E-state index is 13.3. The van der Waals surface area contributed by atoms with Gasteiger partial charge < -0.3 is 14.8 Å². The van der Waals surface area contributed by atoms with Gasteiger partial charge in [0.2, 0.25) is 9.84 Å². The van der Waals surface area contributed by atoms with Crippen LogP contribution in [-0.4, -0.2) is 33.1 Å². The van der Waals surface area contributed by atoms with Gasteiger partial charge in [0.1, 0.15) is 0 Å². The molecular formula is C22H26ClN3O2S. The van der Waals surface area contributed by atoms with E-state index in [9.17, 15) is 8.42 Å². The predicted molar refractivity (Wildman–Crippen MR) is 119 cm³/mol. The van der Waals surface area contributed by atoms with Gasteiger partial charge in [-0.1, -0.05) is 6.07 Å². The molecule has 0 radical (unpaired) electrons. The third-order valence-corrected chi connectivity index (χ3v) is 8.07. The SMILES string of the molecule is CN(C)c1cccc(S(=O)(=O)c2ccc3c(c2)c2c(n3C)CC3CCC2N3)c1.Cl. The number of sulfone groups is 1. The number of nitrogens with zero attached hydrogens (tertiary/aromatic N) is 2. The molecule has 0 aliphatic carbocycles. The third kappa shape index (κ3) is 3.05. The van der Waals surface area contributed by atoms with Crippen molar-refractivity contribution in [3.8, 4) is 0 Å². The molecule has 3 aromatic rings. The Balaban J connectivity index is 0.00000205. The van der Waals surface area contributed by atoms with E-state index < -0.39 is 9.84 Å². The van der Waals surface area contributed by atoms with Crippen molar-refractivity contribution < 1.29 is 8.42 Å². The van der Waals surface area contributed by atoms with E-state index in [1.807, 2.05) is 37.2 Å². The van der Waals surface area contributed by atoms with E-state index in [1.165, 1.54) is 17.7 Å². The molecule has 2 aliphatic rings. The number of benzene rings is 2. The summed E-state index contributed by atoms with van der Waals surface area (Å²) in [6.45, 7) is 0. The van der Waals surface area contributed by atoms with Gasteiger partial charge in [-0.05, 0) is 54.8 Å². The average molecular weight is 432 g/mol. The van der Waals surface area contributed by atoms with Crippen LogP contribution in [0.3, 0.4) is 0 Å².